The summed E-state index contributed by atoms with van der Waals surface area (Å²) in [6.07, 6.45) is 0.458. The number of aliphatic hydroxyl groups excluding tert-OH is 1. The molecule has 0 aliphatic carbocycles. The second-order valence-electron chi connectivity index (χ2n) is 3.90. The number of nitrogen functional groups attached to an aromatic ring is 1. The first-order valence-corrected chi connectivity index (χ1v) is 5.55. The van der Waals surface area contributed by atoms with E-state index in [4.69, 9.17) is 10.8 Å². The molecule has 1 amide bonds. The highest BCUT2D eigenvalue weighted by atomic mass is 19.1. The Labute approximate surface area is 108 Å². The minimum absolute atomic E-state index is 0.292. The quantitative estimate of drug-likeness (QED) is 0.416. The highest BCUT2D eigenvalue weighted by Gasteiger charge is 2.22. The Morgan fingerprint density at radius 1 is 1.63 bits per heavy atom. The summed E-state index contributed by atoms with van der Waals surface area (Å²) in [5.41, 5.74) is 4.09. The van der Waals surface area contributed by atoms with Crippen LogP contribution in [0.25, 0.3) is 0 Å². The molecule has 0 heterocycles. The Balaban J connectivity index is 3.13. The van der Waals surface area contributed by atoms with Crippen LogP contribution in [0.4, 0.5) is 15.8 Å². The lowest BCUT2D eigenvalue weighted by atomic mass is 10.1. The van der Waals surface area contributed by atoms with Crippen molar-refractivity contribution in [1.29, 1.82) is 0 Å². The number of hydrogen-bond donors (Lipinski definition) is 3. The van der Waals surface area contributed by atoms with Crippen LogP contribution in [0.2, 0.25) is 0 Å². The van der Waals surface area contributed by atoms with Crippen molar-refractivity contribution in [3.05, 3.63) is 33.6 Å². The lowest BCUT2D eigenvalue weighted by Gasteiger charge is -2.14. The average Bonchev–Trinajstić information content (AvgIpc) is 2.37. The molecule has 0 spiro atoms. The van der Waals surface area contributed by atoms with E-state index in [0.717, 1.165) is 6.07 Å². The van der Waals surface area contributed by atoms with Crippen LogP contribution >= 0.6 is 0 Å². The number of nitrogens with zero attached hydrogens (tertiary/aromatic N) is 1. The molecule has 0 aliphatic heterocycles. The molecule has 7 nitrogen and oxygen atoms in total. The van der Waals surface area contributed by atoms with Crippen molar-refractivity contribution in [2.75, 3.05) is 12.3 Å². The first-order chi connectivity index (χ1) is 8.90. The zero-order valence-electron chi connectivity index (χ0n) is 10.2. The molecule has 0 saturated carbocycles. The van der Waals surface area contributed by atoms with Gasteiger partial charge in [0.15, 0.2) is 0 Å². The van der Waals surface area contributed by atoms with Gasteiger partial charge in [-0.25, -0.2) is 4.39 Å². The molecule has 0 aliphatic rings. The maximum atomic E-state index is 13.2. The molecule has 1 atom stereocenters. The standard InChI is InChI=1S/C11H14FN3O4/c1-2-7(5-16)14-11(17)8-3-6(12)4-9(10(8)13)15(18)19/h3-4,7,16H,2,5,13H2,1H3,(H,14,17). The van der Waals surface area contributed by atoms with Crippen LogP contribution < -0.4 is 11.1 Å². The van der Waals surface area contributed by atoms with Gasteiger partial charge in [-0.3, -0.25) is 14.9 Å². The molecular weight excluding hydrogens is 257 g/mol. The van der Waals surface area contributed by atoms with Crippen molar-refractivity contribution < 1.29 is 19.2 Å². The summed E-state index contributed by atoms with van der Waals surface area (Å²) in [6, 6.07) is 0.950. The fourth-order valence-electron chi connectivity index (χ4n) is 1.48. The number of carbonyl (C=O) groups excluding carboxylic acids is 1. The number of nitrogens with one attached hydrogen (secondary N) is 1. The number of nitrogens with two attached hydrogens (primary N) is 1. The molecule has 19 heavy (non-hydrogen) atoms. The van der Waals surface area contributed by atoms with Gasteiger partial charge in [0.1, 0.15) is 11.5 Å². The van der Waals surface area contributed by atoms with E-state index in [1.54, 1.807) is 6.92 Å². The van der Waals surface area contributed by atoms with Crippen molar-refractivity contribution in [1.82, 2.24) is 5.32 Å². The number of rotatable bonds is 5. The minimum Gasteiger partial charge on any atom is -0.394 e. The SMILES string of the molecule is CCC(CO)NC(=O)c1cc(F)cc([N+](=O)[O-])c1N. The molecule has 4 N–H and O–H groups in total. The van der Waals surface area contributed by atoms with Crippen molar-refractivity contribution in [3.8, 4) is 0 Å². The molecule has 0 bridgehead atoms. The van der Waals surface area contributed by atoms with Gasteiger partial charge in [0.25, 0.3) is 11.6 Å². The Bertz CT molecular complexity index is 503. The van der Waals surface area contributed by atoms with Crippen molar-refractivity contribution in [2.45, 2.75) is 19.4 Å². The first-order valence-electron chi connectivity index (χ1n) is 5.55. The van der Waals surface area contributed by atoms with Gasteiger partial charge in [-0.2, -0.15) is 0 Å². The Kier molecular flexibility index (Phi) is 4.76. The number of benzene rings is 1. The van der Waals surface area contributed by atoms with E-state index in [1.165, 1.54) is 0 Å². The van der Waals surface area contributed by atoms with E-state index in [1.807, 2.05) is 0 Å². The minimum atomic E-state index is -0.928. The smallest absolute Gasteiger partial charge is 0.295 e. The van der Waals surface area contributed by atoms with Crippen LogP contribution in [0.1, 0.15) is 23.7 Å². The van der Waals surface area contributed by atoms with Gasteiger partial charge < -0.3 is 16.2 Å². The summed E-state index contributed by atoms with van der Waals surface area (Å²) in [5.74, 6) is -1.69. The largest absolute Gasteiger partial charge is 0.394 e. The second-order valence-corrected chi connectivity index (χ2v) is 3.90. The molecule has 104 valence electrons. The molecule has 1 aromatic rings. The lowest BCUT2D eigenvalue weighted by molar-refractivity contribution is -0.384. The fraction of sp³-hybridized carbons (Fsp3) is 0.364. The molecule has 0 saturated heterocycles. The number of halogens is 1. The summed E-state index contributed by atoms with van der Waals surface area (Å²) < 4.78 is 13.2. The number of anilines is 1. The topological polar surface area (TPSA) is 118 Å². The van der Waals surface area contributed by atoms with E-state index >= 15 is 0 Å². The predicted molar refractivity (Wildman–Crippen MR) is 66.1 cm³/mol. The van der Waals surface area contributed by atoms with E-state index in [2.05, 4.69) is 5.32 Å². The Morgan fingerprint density at radius 3 is 2.74 bits per heavy atom. The highest BCUT2D eigenvalue weighted by Crippen LogP contribution is 2.26. The number of nitro benzene ring substituents is 1. The van der Waals surface area contributed by atoms with Crippen LogP contribution in [-0.2, 0) is 0 Å². The van der Waals surface area contributed by atoms with Crippen molar-refractivity contribution >= 4 is 17.3 Å². The maximum Gasteiger partial charge on any atom is 0.295 e. The van der Waals surface area contributed by atoms with E-state index in [-0.39, 0.29) is 12.2 Å². The average molecular weight is 271 g/mol. The summed E-state index contributed by atoms with van der Waals surface area (Å²) in [7, 11) is 0. The zero-order chi connectivity index (χ0) is 14.6. The summed E-state index contributed by atoms with van der Waals surface area (Å²) >= 11 is 0. The Hall–Kier alpha value is -2.22. The number of amides is 1. The monoisotopic (exact) mass is 271 g/mol. The molecule has 0 aromatic heterocycles. The normalized spacial score (nSPS) is 11.9. The van der Waals surface area contributed by atoms with Crippen molar-refractivity contribution in [3.63, 3.8) is 0 Å². The van der Waals surface area contributed by atoms with E-state index in [0.29, 0.717) is 12.5 Å². The maximum absolute atomic E-state index is 13.2. The van der Waals surface area contributed by atoms with Crippen LogP contribution in [-0.4, -0.2) is 28.6 Å². The number of hydrogen-bond acceptors (Lipinski definition) is 5. The number of carbonyl (C=O) groups is 1. The van der Waals surface area contributed by atoms with Gasteiger partial charge in [-0.05, 0) is 12.5 Å². The highest BCUT2D eigenvalue weighted by molar-refractivity contribution is 6.01. The summed E-state index contributed by atoms with van der Waals surface area (Å²) in [6.45, 7) is 1.44. The molecule has 0 fully saturated rings. The van der Waals surface area contributed by atoms with Gasteiger partial charge in [-0.1, -0.05) is 6.92 Å². The van der Waals surface area contributed by atoms with Gasteiger partial charge in [0.05, 0.1) is 29.2 Å². The third-order valence-corrected chi connectivity index (χ3v) is 2.61. The van der Waals surface area contributed by atoms with Gasteiger partial charge in [0.2, 0.25) is 0 Å². The van der Waals surface area contributed by atoms with Gasteiger partial charge >= 0.3 is 0 Å². The van der Waals surface area contributed by atoms with Crippen LogP contribution in [0.5, 0.6) is 0 Å². The van der Waals surface area contributed by atoms with E-state index < -0.39 is 34.1 Å². The third kappa shape index (κ3) is 3.38. The number of nitro groups is 1. The molecule has 1 aromatic carbocycles. The third-order valence-electron chi connectivity index (χ3n) is 2.61. The van der Waals surface area contributed by atoms with Crippen LogP contribution in [0, 0.1) is 15.9 Å². The first kappa shape index (κ1) is 14.8. The van der Waals surface area contributed by atoms with Crippen molar-refractivity contribution in [2.24, 2.45) is 0 Å². The van der Waals surface area contributed by atoms with Crippen LogP contribution in [0.3, 0.4) is 0 Å². The summed E-state index contributed by atoms with van der Waals surface area (Å²) in [5, 5.41) is 22.0. The molecule has 1 unspecified atom stereocenters. The lowest BCUT2D eigenvalue weighted by Crippen LogP contribution is -2.37. The molecule has 0 radical (unpaired) electrons. The zero-order valence-corrected chi connectivity index (χ0v) is 10.2. The van der Waals surface area contributed by atoms with E-state index in [9.17, 15) is 19.3 Å². The predicted octanol–water partition coefficient (Wildman–Crippen LogP) is 0.817. The Morgan fingerprint density at radius 2 is 2.26 bits per heavy atom. The summed E-state index contributed by atoms with van der Waals surface area (Å²) in [4.78, 5) is 21.6. The molecule has 1 rings (SSSR count). The number of aliphatic hydroxyl groups is 1. The molecular formula is C11H14FN3O4. The molecule has 8 heteroatoms. The van der Waals surface area contributed by atoms with Gasteiger partial charge in [-0.15, -0.1) is 0 Å². The van der Waals surface area contributed by atoms with Crippen LogP contribution in [0.15, 0.2) is 12.1 Å². The van der Waals surface area contributed by atoms with Gasteiger partial charge in [0, 0.05) is 0 Å². The fourth-order valence-corrected chi connectivity index (χ4v) is 1.48. The second kappa shape index (κ2) is 6.10.